The second-order valence-corrected chi connectivity index (χ2v) is 9.15. The number of morpholine rings is 1. The van der Waals surface area contributed by atoms with Gasteiger partial charge in [0.2, 0.25) is 0 Å². The molecule has 1 atom stereocenters. The Morgan fingerprint density at radius 2 is 1.77 bits per heavy atom. The van der Waals surface area contributed by atoms with Gasteiger partial charge in [0, 0.05) is 25.2 Å². The van der Waals surface area contributed by atoms with E-state index in [1.165, 1.54) is 11.3 Å². The Bertz CT molecular complexity index is 1140. The molecule has 0 radical (unpaired) electrons. The predicted molar refractivity (Wildman–Crippen MR) is 136 cm³/mol. The van der Waals surface area contributed by atoms with E-state index in [2.05, 4.69) is 15.2 Å². The van der Waals surface area contributed by atoms with Crippen LogP contribution in [0.15, 0.2) is 42.5 Å². The molecule has 1 N–H and O–H groups in total. The van der Waals surface area contributed by atoms with E-state index in [1.54, 1.807) is 21.3 Å². The molecule has 0 spiro atoms. The Balaban J connectivity index is 1.52. The van der Waals surface area contributed by atoms with Crippen molar-refractivity contribution in [2.45, 2.75) is 13.0 Å². The summed E-state index contributed by atoms with van der Waals surface area (Å²) in [5.41, 5.74) is 2.71. The minimum absolute atomic E-state index is 0.0306. The molecule has 4 rings (SSSR count). The van der Waals surface area contributed by atoms with E-state index in [9.17, 15) is 4.79 Å². The number of carbonyl (C=O) groups is 1. The Morgan fingerprint density at radius 1 is 1.06 bits per heavy atom. The summed E-state index contributed by atoms with van der Waals surface area (Å²) >= 11 is 1.39. The maximum absolute atomic E-state index is 13.2. The fourth-order valence-corrected chi connectivity index (χ4v) is 5.13. The zero-order valence-electron chi connectivity index (χ0n) is 20.5. The summed E-state index contributed by atoms with van der Waals surface area (Å²) in [5, 5.41) is 3.95. The van der Waals surface area contributed by atoms with Gasteiger partial charge in [-0.05, 0) is 48.9 Å². The summed E-state index contributed by atoms with van der Waals surface area (Å²) in [6.45, 7) is 5.22. The second kappa shape index (κ2) is 11.5. The molecule has 2 heterocycles. The van der Waals surface area contributed by atoms with Crippen LogP contribution in [0.2, 0.25) is 0 Å². The molecule has 2 aromatic carbocycles. The molecule has 1 saturated heterocycles. The number of hydrogen-bond acceptors (Lipinski definition) is 8. The first-order valence-corrected chi connectivity index (χ1v) is 12.3. The molecule has 1 aliphatic heterocycles. The molecule has 1 aromatic heterocycles. The van der Waals surface area contributed by atoms with Crippen molar-refractivity contribution in [1.29, 1.82) is 0 Å². The Hall–Kier alpha value is -3.14. The van der Waals surface area contributed by atoms with Crippen LogP contribution in [0.1, 0.15) is 27.0 Å². The normalized spacial score (nSPS) is 14.9. The van der Waals surface area contributed by atoms with Crippen molar-refractivity contribution in [3.8, 4) is 27.8 Å². The minimum atomic E-state index is -0.126. The smallest absolute Gasteiger partial charge is 0.263 e. The van der Waals surface area contributed by atoms with Crippen molar-refractivity contribution in [1.82, 2.24) is 15.2 Å². The average Bonchev–Trinajstić information content (AvgIpc) is 3.30. The Labute approximate surface area is 209 Å². The molecule has 9 heteroatoms. The molecule has 8 nitrogen and oxygen atoms in total. The quantitative estimate of drug-likeness (QED) is 0.479. The van der Waals surface area contributed by atoms with E-state index in [4.69, 9.17) is 18.9 Å². The molecule has 1 unspecified atom stereocenters. The van der Waals surface area contributed by atoms with Crippen LogP contribution < -0.4 is 19.5 Å². The number of aromatic nitrogens is 1. The highest BCUT2D eigenvalue weighted by molar-refractivity contribution is 7.17. The lowest BCUT2D eigenvalue weighted by Gasteiger charge is -2.35. The van der Waals surface area contributed by atoms with Gasteiger partial charge in [-0.3, -0.25) is 9.69 Å². The summed E-state index contributed by atoms with van der Waals surface area (Å²) in [4.78, 5) is 20.8. The van der Waals surface area contributed by atoms with Crippen LogP contribution in [0.4, 0.5) is 0 Å². The average molecular weight is 498 g/mol. The van der Waals surface area contributed by atoms with Crippen molar-refractivity contribution in [3.05, 3.63) is 58.6 Å². The van der Waals surface area contributed by atoms with E-state index >= 15 is 0 Å². The van der Waals surface area contributed by atoms with Crippen molar-refractivity contribution < 1.29 is 23.7 Å². The number of amides is 1. The molecule has 3 aromatic rings. The number of thiazole rings is 1. The number of nitrogens with zero attached hydrogens (tertiary/aromatic N) is 2. The predicted octanol–water partition coefficient (Wildman–Crippen LogP) is 3.95. The standard InChI is InChI=1S/C26H31N3O5S/c1-17-24(35-26(28-17)18-5-8-20(31-2)9-6-18)25(30)27-16-21(29-11-13-34-14-12-29)19-7-10-22(32-3)23(15-19)33-4/h5-10,15,21H,11-14,16H2,1-4H3,(H,27,30). The lowest BCUT2D eigenvalue weighted by molar-refractivity contribution is 0.0162. The summed E-state index contributed by atoms with van der Waals surface area (Å²) in [5.74, 6) is 1.99. The molecular weight excluding hydrogens is 466 g/mol. The van der Waals surface area contributed by atoms with Gasteiger partial charge in [-0.25, -0.2) is 4.98 Å². The lowest BCUT2D eigenvalue weighted by atomic mass is 10.0. The number of carbonyl (C=O) groups excluding carboxylic acids is 1. The largest absolute Gasteiger partial charge is 0.497 e. The van der Waals surface area contributed by atoms with Gasteiger partial charge in [0.1, 0.15) is 15.6 Å². The molecule has 1 amide bonds. The molecule has 186 valence electrons. The number of benzene rings is 2. The van der Waals surface area contributed by atoms with Gasteiger partial charge in [-0.15, -0.1) is 11.3 Å². The number of nitrogens with one attached hydrogen (secondary N) is 1. The van der Waals surface area contributed by atoms with E-state index in [0.29, 0.717) is 41.8 Å². The first-order chi connectivity index (χ1) is 17.0. The van der Waals surface area contributed by atoms with Gasteiger partial charge in [0.05, 0.1) is 46.3 Å². The fraction of sp³-hybridized carbons (Fsp3) is 0.385. The number of ether oxygens (including phenoxy) is 4. The topological polar surface area (TPSA) is 82.2 Å². The fourth-order valence-electron chi connectivity index (χ4n) is 4.14. The van der Waals surface area contributed by atoms with Crippen LogP contribution in [-0.2, 0) is 4.74 Å². The molecule has 0 aliphatic carbocycles. The molecule has 1 aliphatic rings. The maximum Gasteiger partial charge on any atom is 0.263 e. The van der Waals surface area contributed by atoms with Crippen LogP contribution in [0.5, 0.6) is 17.2 Å². The van der Waals surface area contributed by atoms with E-state index in [0.717, 1.165) is 35.0 Å². The second-order valence-electron chi connectivity index (χ2n) is 8.15. The third kappa shape index (κ3) is 5.75. The highest BCUT2D eigenvalue weighted by Gasteiger charge is 2.25. The first kappa shape index (κ1) is 25.0. The maximum atomic E-state index is 13.2. The van der Waals surface area contributed by atoms with Gasteiger partial charge in [-0.1, -0.05) is 6.07 Å². The molecule has 0 saturated carbocycles. The van der Waals surface area contributed by atoms with Crippen molar-refractivity contribution in [2.75, 3.05) is 54.2 Å². The third-order valence-corrected chi connectivity index (χ3v) is 7.28. The van der Waals surface area contributed by atoms with Crippen molar-refractivity contribution in [3.63, 3.8) is 0 Å². The number of hydrogen-bond donors (Lipinski definition) is 1. The zero-order chi connectivity index (χ0) is 24.8. The van der Waals surface area contributed by atoms with Crippen LogP contribution in [0, 0.1) is 6.92 Å². The monoisotopic (exact) mass is 497 g/mol. The van der Waals surface area contributed by atoms with E-state index in [-0.39, 0.29) is 11.9 Å². The van der Waals surface area contributed by atoms with Gasteiger partial charge in [0.25, 0.3) is 5.91 Å². The van der Waals surface area contributed by atoms with Crippen molar-refractivity contribution >= 4 is 17.2 Å². The van der Waals surface area contributed by atoms with Crippen LogP contribution >= 0.6 is 11.3 Å². The summed E-state index contributed by atoms with van der Waals surface area (Å²) < 4.78 is 21.7. The van der Waals surface area contributed by atoms with Crippen LogP contribution in [-0.4, -0.2) is 70.0 Å². The molecule has 0 bridgehead atoms. The summed E-state index contributed by atoms with van der Waals surface area (Å²) in [7, 11) is 4.88. The highest BCUT2D eigenvalue weighted by Crippen LogP contribution is 2.33. The van der Waals surface area contributed by atoms with Crippen LogP contribution in [0.25, 0.3) is 10.6 Å². The zero-order valence-corrected chi connectivity index (χ0v) is 21.3. The summed E-state index contributed by atoms with van der Waals surface area (Å²) in [6.07, 6.45) is 0. The third-order valence-electron chi connectivity index (χ3n) is 6.07. The van der Waals surface area contributed by atoms with Gasteiger partial charge in [0.15, 0.2) is 11.5 Å². The minimum Gasteiger partial charge on any atom is -0.497 e. The highest BCUT2D eigenvalue weighted by atomic mass is 32.1. The molecular formula is C26H31N3O5S. The van der Waals surface area contributed by atoms with Crippen LogP contribution in [0.3, 0.4) is 0 Å². The van der Waals surface area contributed by atoms with Gasteiger partial charge >= 0.3 is 0 Å². The van der Waals surface area contributed by atoms with Gasteiger partial charge < -0.3 is 24.3 Å². The molecule has 35 heavy (non-hydrogen) atoms. The Morgan fingerprint density at radius 3 is 2.43 bits per heavy atom. The Kier molecular flexibility index (Phi) is 8.22. The number of aryl methyl sites for hydroxylation is 1. The van der Waals surface area contributed by atoms with Crippen molar-refractivity contribution in [2.24, 2.45) is 0 Å². The number of rotatable bonds is 9. The van der Waals surface area contributed by atoms with E-state index in [1.807, 2.05) is 49.4 Å². The summed E-state index contributed by atoms with van der Waals surface area (Å²) in [6, 6.07) is 13.5. The number of methoxy groups -OCH3 is 3. The lowest BCUT2D eigenvalue weighted by Crippen LogP contribution is -2.43. The van der Waals surface area contributed by atoms with Gasteiger partial charge in [-0.2, -0.15) is 0 Å². The SMILES string of the molecule is COc1ccc(-c2nc(C)c(C(=O)NCC(c3ccc(OC)c(OC)c3)N3CCOCC3)s2)cc1. The first-order valence-electron chi connectivity index (χ1n) is 11.5. The molecule has 1 fully saturated rings. The van der Waals surface area contributed by atoms with E-state index < -0.39 is 0 Å².